The molecule has 0 fully saturated rings. The standard InChI is InChI=1S/C20H14S/c1-3-7-15(8-4-1)17-11-12-18-19(14-21-20(18)13-17)16-9-5-2-6-10-16/h1-14H. The van der Waals surface area contributed by atoms with Crippen LogP contribution < -0.4 is 0 Å². The van der Waals surface area contributed by atoms with Gasteiger partial charge in [-0.25, -0.2) is 0 Å². The highest BCUT2D eigenvalue weighted by Crippen LogP contribution is 2.36. The number of hydrogen-bond acceptors (Lipinski definition) is 1. The SMILES string of the molecule is c1ccc(-c2ccc3c(-c4ccccc4)csc3c2)cc1. The fourth-order valence-corrected chi connectivity index (χ4v) is 3.69. The number of hydrogen-bond donors (Lipinski definition) is 0. The summed E-state index contributed by atoms with van der Waals surface area (Å²) in [6.45, 7) is 0. The third-order valence-corrected chi connectivity index (χ3v) is 4.71. The van der Waals surface area contributed by atoms with E-state index in [4.69, 9.17) is 0 Å². The van der Waals surface area contributed by atoms with Gasteiger partial charge in [0, 0.05) is 15.6 Å². The van der Waals surface area contributed by atoms with Gasteiger partial charge in [0.1, 0.15) is 0 Å². The van der Waals surface area contributed by atoms with E-state index in [1.807, 2.05) is 11.3 Å². The summed E-state index contributed by atoms with van der Waals surface area (Å²) in [6, 6.07) is 27.9. The van der Waals surface area contributed by atoms with Crippen molar-refractivity contribution >= 4 is 21.4 Å². The molecule has 1 aromatic heterocycles. The summed E-state index contributed by atoms with van der Waals surface area (Å²) in [4.78, 5) is 0. The minimum atomic E-state index is 1.27. The lowest BCUT2D eigenvalue weighted by Crippen LogP contribution is -1.77. The molecule has 4 rings (SSSR count). The smallest absolute Gasteiger partial charge is 0.0355 e. The van der Waals surface area contributed by atoms with Crippen LogP contribution in [-0.4, -0.2) is 0 Å². The molecule has 0 unspecified atom stereocenters. The minimum Gasteiger partial charge on any atom is -0.143 e. The number of benzene rings is 3. The first kappa shape index (κ1) is 12.4. The molecule has 0 spiro atoms. The second kappa shape index (κ2) is 5.19. The van der Waals surface area contributed by atoms with Gasteiger partial charge in [-0.2, -0.15) is 0 Å². The van der Waals surface area contributed by atoms with Crippen LogP contribution in [0.1, 0.15) is 0 Å². The molecule has 1 heteroatoms. The third kappa shape index (κ3) is 2.26. The van der Waals surface area contributed by atoms with Crippen molar-refractivity contribution in [3.8, 4) is 22.3 Å². The Morgan fingerprint density at radius 1 is 0.571 bits per heavy atom. The Labute approximate surface area is 128 Å². The molecule has 0 bridgehead atoms. The molecule has 0 aliphatic heterocycles. The minimum absolute atomic E-state index is 1.27. The molecule has 100 valence electrons. The van der Waals surface area contributed by atoms with Crippen LogP contribution in [0.4, 0.5) is 0 Å². The zero-order valence-electron chi connectivity index (χ0n) is 11.5. The highest BCUT2D eigenvalue weighted by Gasteiger charge is 2.07. The molecular weight excluding hydrogens is 272 g/mol. The normalized spacial score (nSPS) is 10.9. The molecule has 0 radical (unpaired) electrons. The quantitative estimate of drug-likeness (QED) is 0.409. The zero-order chi connectivity index (χ0) is 14.1. The summed E-state index contributed by atoms with van der Waals surface area (Å²) in [6.07, 6.45) is 0. The first-order valence-corrected chi connectivity index (χ1v) is 7.92. The second-order valence-electron chi connectivity index (χ2n) is 5.09. The predicted molar refractivity (Wildman–Crippen MR) is 92.7 cm³/mol. The summed E-state index contributed by atoms with van der Waals surface area (Å²) in [5.41, 5.74) is 5.17. The van der Waals surface area contributed by atoms with Gasteiger partial charge in [-0.05, 0) is 28.1 Å². The van der Waals surface area contributed by atoms with Gasteiger partial charge >= 0.3 is 0 Å². The fraction of sp³-hybridized carbons (Fsp3) is 0. The van der Waals surface area contributed by atoms with E-state index in [-0.39, 0.29) is 0 Å². The van der Waals surface area contributed by atoms with Crippen LogP contribution in [0.5, 0.6) is 0 Å². The largest absolute Gasteiger partial charge is 0.143 e. The summed E-state index contributed by atoms with van der Waals surface area (Å²) in [5, 5.41) is 3.60. The Hall–Kier alpha value is -2.38. The van der Waals surface area contributed by atoms with Crippen molar-refractivity contribution in [1.82, 2.24) is 0 Å². The van der Waals surface area contributed by atoms with Crippen LogP contribution in [0.2, 0.25) is 0 Å². The Balaban J connectivity index is 1.85. The lowest BCUT2D eigenvalue weighted by molar-refractivity contribution is 1.65. The van der Waals surface area contributed by atoms with E-state index in [9.17, 15) is 0 Å². The van der Waals surface area contributed by atoms with Crippen LogP contribution in [0.15, 0.2) is 84.2 Å². The van der Waals surface area contributed by atoms with Crippen LogP contribution in [0.25, 0.3) is 32.3 Å². The van der Waals surface area contributed by atoms with Crippen LogP contribution in [0.3, 0.4) is 0 Å². The molecule has 3 aromatic carbocycles. The van der Waals surface area contributed by atoms with Gasteiger partial charge < -0.3 is 0 Å². The Morgan fingerprint density at radius 3 is 1.95 bits per heavy atom. The van der Waals surface area contributed by atoms with Gasteiger partial charge in [-0.3, -0.25) is 0 Å². The van der Waals surface area contributed by atoms with Crippen LogP contribution >= 0.6 is 11.3 Å². The lowest BCUT2D eigenvalue weighted by atomic mass is 10.0. The van der Waals surface area contributed by atoms with Crippen LogP contribution in [0, 0.1) is 0 Å². The van der Waals surface area contributed by atoms with Crippen LogP contribution in [-0.2, 0) is 0 Å². The van der Waals surface area contributed by atoms with Crippen molar-refractivity contribution in [2.75, 3.05) is 0 Å². The van der Waals surface area contributed by atoms with Gasteiger partial charge in [-0.1, -0.05) is 72.8 Å². The van der Waals surface area contributed by atoms with Gasteiger partial charge in [0.2, 0.25) is 0 Å². The molecule has 21 heavy (non-hydrogen) atoms. The number of thiophene rings is 1. The summed E-state index contributed by atoms with van der Waals surface area (Å²) in [5.74, 6) is 0. The van der Waals surface area contributed by atoms with E-state index in [1.165, 1.54) is 32.3 Å². The van der Waals surface area contributed by atoms with Crippen molar-refractivity contribution in [2.45, 2.75) is 0 Å². The second-order valence-corrected chi connectivity index (χ2v) is 6.00. The Kier molecular flexibility index (Phi) is 3.06. The van der Waals surface area contributed by atoms with E-state index >= 15 is 0 Å². The van der Waals surface area contributed by atoms with Crippen molar-refractivity contribution in [2.24, 2.45) is 0 Å². The molecule has 0 aliphatic carbocycles. The molecule has 0 saturated heterocycles. The molecule has 0 saturated carbocycles. The summed E-state index contributed by atoms with van der Waals surface area (Å²) in [7, 11) is 0. The molecule has 0 nitrogen and oxygen atoms in total. The van der Waals surface area contributed by atoms with Gasteiger partial charge in [-0.15, -0.1) is 11.3 Å². The molecule has 4 aromatic rings. The van der Waals surface area contributed by atoms with E-state index in [2.05, 4.69) is 84.2 Å². The molecule has 1 heterocycles. The lowest BCUT2D eigenvalue weighted by Gasteiger charge is -2.03. The maximum Gasteiger partial charge on any atom is 0.0355 e. The molecule has 0 N–H and O–H groups in total. The van der Waals surface area contributed by atoms with E-state index in [0.29, 0.717) is 0 Å². The first-order valence-electron chi connectivity index (χ1n) is 7.04. The maximum atomic E-state index is 2.29. The average Bonchev–Trinajstić information content (AvgIpc) is 2.99. The first-order chi connectivity index (χ1) is 10.4. The fourth-order valence-electron chi connectivity index (χ4n) is 2.68. The van der Waals surface area contributed by atoms with Gasteiger partial charge in [0.15, 0.2) is 0 Å². The number of fused-ring (bicyclic) bond motifs is 1. The third-order valence-electron chi connectivity index (χ3n) is 3.77. The maximum absolute atomic E-state index is 2.29. The molecular formula is C20H14S. The van der Waals surface area contributed by atoms with Crippen molar-refractivity contribution in [3.63, 3.8) is 0 Å². The summed E-state index contributed by atoms with van der Waals surface area (Å²) < 4.78 is 1.34. The van der Waals surface area contributed by atoms with Crippen molar-refractivity contribution in [3.05, 3.63) is 84.2 Å². The predicted octanol–water partition coefficient (Wildman–Crippen LogP) is 6.24. The highest BCUT2D eigenvalue weighted by molar-refractivity contribution is 7.17. The van der Waals surface area contributed by atoms with E-state index < -0.39 is 0 Å². The highest BCUT2D eigenvalue weighted by atomic mass is 32.1. The molecule has 0 aliphatic rings. The Morgan fingerprint density at radius 2 is 1.24 bits per heavy atom. The summed E-state index contributed by atoms with van der Waals surface area (Å²) >= 11 is 1.82. The molecule has 0 amide bonds. The average molecular weight is 286 g/mol. The molecule has 0 atom stereocenters. The Bertz CT molecular complexity index is 874. The monoisotopic (exact) mass is 286 g/mol. The van der Waals surface area contributed by atoms with Crippen molar-refractivity contribution < 1.29 is 0 Å². The van der Waals surface area contributed by atoms with E-state index in [0.717, 1.165) is 0 Å². The topological polar surface area (TPSA) is 0 Å². The van der Waals surface area contributed by atoms with E-state index in [1.54, 1.807) is 0 Å². The van der Waals surface area contributed by atoms with Gasteiger partial charge in [0.05, 0.1) is 0 Å². The van der Waals surface area contributed by atoms with Gasteiger partial charge in [0.25, 0.3) is 0 Å². The zero-order valence-corrected chi connectivity index (χ0v) is 12.3. The van der Waals surface area contributed by atoms with Crippen molar-refractivity contribution in [1.29, 1.82) is 0 Å². The number of rotatable bonds is 2.